The Hall–Kier alpha value is -2.57. The van der Waals surface area contributed by atoms with Gasteiger partial charge < -0.3 is 19.5 Å². The maximum atomic E-state index is 5.47. The zero-order valence-corrected chi connectivity index (χ0v) is 15.2. The number of methoxy groups -OCH3 is 2. The molecule has 0 amide bonds. The summed E-state index contributed by atoms with van der Waals surface area (Å²) in [6.07, 6.45) is 4.02. The van der Waals surface area contributed by atoms with Crippen LogP contribution in [0.4, 0.5) is 5.69 Å². The van der Waals surface area contributed by atoms with E-state index < -0.39 is 0 Å². The van der Waals surface area contributed by atoms with Gasteiger partial charge in [-0.25, -0.2) is 4.98 Å². The monoisotopic (exact) mass is 356 g/mol. The maximum absolute atomic E-state index is 5.47. The van der Waals surface area contributed by atoms with E-state index in [1.807, 2.05) is 49.5 Å². The van der Waals surface area contributed by atoms with E-state index in [9.17, 15) is 0 Å². The molecular formula is C19H20N2O3S. The van der Waals surface area contributed by atoms with E-state index >= 15 is 0 Å². The number of anilines is 1. The van der Waals surface area contributed by atoms with Crippen molar-refractivity contribution in [2.45, 2.75) is 0 Å². The highest BCUT2D eigenvalue weighted by atomic mass is 32.1. The van der Waals surface area contributed by atoms with Crippen molar-refractivity contribution in [2.24, 2.45) is 0 Å². The summed E-state index contributed by atoms with van der Waals surface area (Å²) in [6.45, 7) is 0.186. The van der Waals surface area contributed by atoms with E-state index in [1.165, 1.54) is 0 Å². The Labute approximate surface area is 150 Å². The van der Waals surface area contributed by atoms with Crippen LogP contribution in [0.2, 0.25) is 0 Å². The van der Waals surface area contributed by atoms with E-state index in [1.54, 1.807) is 25.6 Å². The van der Waals surface area contributed by atoms with Gasteiger partial charge in [0.05, 0.1) is 17.3 Å². The predicted molar refractivity (Wildman–Crippen MR) is 104 cm³/mol. The predicted octanol–water partition coefficient (Wildman–Crippen LogP) is 4.50. The topological polar surface area (TPSA) is 52.6 Å². The third-order valence-corrected chi connectivity index (χ3v) is 4.62. The third-order valence-electron chi connectivity index (χ3n) is 3.63. The van der Waals surface area contributed by atoms with Crippen LogP contribution in [0.25, 0.3) is 22.4 Å². The van der Waals surface area contributed by atoms with Gasteiger partial charge in [-0.05, 0) is 42.0 Å². The molecule has 0 spiro atoms. The van der Waals surface area contributed by atoms with Crippen molar-refractivity contribution in [3.63, 3.8) is 0 Å². The van der Waals surface area contributed by atoms with Crippen LogP contribution >= 0.6 is 11.3 Å². The molecule has 0 aliphatic heterocycles. The van der Waals surface area contributed by atoms with Gasteiger partial charge in [0.1, 0.15) is 5.01 Å². The van der Waals surface area contributed by atoms with Crippen LogP contribution in [-0.2, 0) is 4.74 Å². The quantitative estimate of drug-likeness (QED) is 0.632. The molecule has 0 aliphatic rings. The molecule has 2 aromatic carbocycles. The molecule has 0 unspecified atom stereocenters. The molecule has 0 atom stereocenters. The Morgan fingerprint density at radius 3 is 2.72 bits per heavy atom. The van der Waals surface area contributed by atoms with Crippen LogP contribution < -0.4 is 14.8 Å². The van der Waals surface area contributed by atoms with Gasteiger partial charge in [-0.15, -0.1) is 11.3 Å². The molecule has 6 heteroatoms. The zero-order valence-electron chi connectivity index (χ0n) is 14.4. The second kappa shape index (κ2) is 8.00. The Bertz CT molecular complexity index is 890. The van der Waals surface area contributed by atoms with Crippen molar-refractivity contribution in [1.82, 2.24) is 4.98 Å². The summed E-state index contributed by atoms with van der Waals surface area (Å²) in [5.74, 6) is 1.32. The molecule has 0 bridgehead atoms. The van der Waals surface area contributed by atoms with Crippen LogP contribution in [0, 0.1) is 0 Å². The minimum absolute atomic E-state index is 0.186. The van der Waals surface area contributed by atoms with Gasteiger partial charge in [-0.1, -0.05) is 12.1 Å². The highest BCUT2D eigenvalue weighted by Crippen LogP contribution is 2.30. The number of benzene rings is 2. The Morgan fingerprint density at radius 1 is 1.08 bits per heavy atom. The number of hydrogen-bond donors (Lipinski definition) is 1. The fourth-order valence-corrected chi connectivity index (χ4v) is 3.28. The molecular weight excluding hydrogens is 336 g/mol. The average Bonchev–Trinajstić information content (AvgIpc) is 3.06. The number of hydrogen-bond acceptors (Lipinski definition) is 6. The van der Waals surface area contributed by atoms with E-state index in [-0.39, 0.29) is 6.79 Å². The summed E-state index contributed by atoms with van der Waals surface area (Å²) < 4.78 is 16.9. The number of fused-ring (bicyclic) bond motifs is 1. The summed E-state index contributed by atoms with van der Waals surface area (Å²) >= 11 is 1.66. The fourth-order valence-electron chi connectivity index (χ4n) is 2.37. The smallest absolute Gasteiger partial charge is 0.188 e. The minimum atomic E-state index is 0.186. The van der Waals surface area contributed by atoms with Crippen LogP contribution in [0.5, 0.6) is 11.5 Å². The number of nitrogens with zero attached hydrogens (tertiary/aromatic N) is 1. The molecule has 1 N–H and O–H groups in total. The van der Waals surface area contributed by atoms with Gasteiger partial charge in [0.15, 0.2) is 18.3 Å². The van der Waals surface area contributed by atoms with Gasteiger partial charge in [-0.3, -0.25) is 0 Å². The zero-order chi connectivity index (χ0) is 17.6. The fraction of sp³-hybridized carbons (Fsp3) is 0.211. The van der Waals surface area contributed by atoms with Crippen LogP contribution in [0.1, 0.15) is 10.6 Å². The Morgan fingerprint density at radius 2 is 1.96 bits per heavy atom. The summed E-state index contributed by atoms with van der Waals surface area (Å²) in [5.41, 5.74) is 3.10. The molecule has 1 aromatic heterocycles. The average molecular weight is 356 g/mol. The van der Waals surface area contributed by atoms with E-state index in [2.05, 4.69) is 16.4 Å². The third kappa shape index (κ3) is 4.10. The number of aromatic nitrogens is 1. The molecule has 5 nitrogen and oxygen atoms in total. The summed E-state index contributed by atoms with van der Waals surface area (Å²) in [5, 5.41) is 4.10. The van der Waals surface area contributed by atoms with Crippen LogP contribution in [0.15, 0.2) is 36.4 Å². The largest absolute Gasteiger partial charge is 0.493 e. The van der Waals surface area contributed by atoms with Gasteiger partial charge in [0.25, 0.3) is 0 Å². The van der Waals surface area contributed by atoms with Crippen molar-refractivity contribution in [3.05, 3.63) is 47.0 Å². The second-order valence-electron chi connectivity index (χ2n) is 5.28. The highest BCUT2D eigenvalue weighted by Gasteiger charge is 2.05. The van der Waals surface area contributed by atoms with Gasteiger partial charge in [0.2, 0.25) is 0 Å². The number of ether oxygens (including phenoxy) is 3. The molecule has 3 rings (SSSR count). The molecule has 0 fully saturated rings. The summed E-state index contributed by atoms with van der Waals surface area (Å²) in [7, 11) is 5.12. The standard InChI is InChI=1S/C19H20N2O3S/c1-20-14-6-7-15-18(11-14)25-19(21-15)9-5-13-4-8-16(24-12-22-2)17(10-13)23-3/h4-11,20H,12H2,1-3H3. The van der Waals surface area contributed by atoms with Crippen molar-refractivity contribution < 1.29 is 14.2 Å². The van der Waals surface area contributed by atoms with Gasteiger partial charge in [-0.2, -0.15) is 0 Å². The van der Waals surface area contributed by atoms with Crippen molar-refractivity contribution in [3.8, 4) is 11.5 Å². The molecule has 3 aromatic rings. The molecule has 0 saturated carbocycles. The molecule has 0 saturated heterocycles. The lowest BCUT2D eigenvalue weighted by atomic mass is 10.2. The van der Waals surface area contributed by atoms with Crippen LogP contribution in [0.3, 0.4) is 0 Å². The van der Waals surface area contributed by atoms with Crippen molar-refractivity contribution >= 4 is 39.4 Å². The number of rotatable bonds is 7. The molecule has 1 heterocycles. The van der Waals surface area contributed by atoms with E-state index in [4.69, 9.17) is 14.2 Å². The molecule has 0 radical (unpaired) electrons. The normalized spacial score (nSPS) is 11.2. The summed E-state index contributed by atoms with van der Waals surface area (Å²) in [4.78, 5) is 4.64. The van der Waals surface area contributed by atoms with Gasteiger partial charge >= 0.3 is 0 Å². The first-order chi connectivity index (χ1) is 12.2. The summed E-state index contributed by atoms with van der Waals surface area (Å²) in [6, 6.07) is 11.9. The number of nitrogens with one attached hydrogen (secondary N) is 1. The van der Waals surface area contributed by atoms with Crippen molar-refractivity contribution in [1.29, 1.82) is 0 Å². The Balaban J connectivity index is 1.81. The minimum Gasteiger partial charge on any atom is -0.493 e. The lowest BCUT2D eigenvalue weighted by Crippen LogP contribution is -2.00. The Kier molecular flexibility index (Phi) is 5.53. The SMILES string of the molecule is CNc1ccc2nc(C=Cc3ccc(OCOC)c(OC)c3)sc2c1. The first-order valence-corrected chi connectivity index (χ1v) is 8.61. The van der Waals surface area contributed by atoms with E-state index in [0.717, 1.165) is 26.5 Å². The van der Waals surface area contributed by atoms with Gasteiger partial charge in [0, 0.05) is 19.8 Å². The number of thiazole rings is 1. The molecule has 130 valence electrons. The maximum Gasteiger partial charge on any atom is 0.188 e. The lowest BCUT2D eigenvalue weighted by Gasteiger charge is -2.10. The lowest BCUT2D eigenvalue weighted by molar-refractivity contribution is 0.0491. The molecule has 25 heavy (non-hydrogen) atoms. The van der Waals surface area contributed by atoms with Crippen LogP contribution in [-0.4, -0.2) is 33.0 Å². The highest BCUT2D eigenvalue weighted by molar-refractivity contribution is 7.19. The first kappa shape index (κ1) is 17.3. The molecule has 0 aliphatic carbocycles. The van der Waals surface area contributed by atoms with E-state index in [0.29, 0.717) is 11.5 Å². The first-order valence-electron chi connectivity index (χ1n) is 7.79. The second-order valence-corrected chi connectivity index (χ2v) is 6.34. The van der Waals surface area contributed by atoms with Crippen molar-refractivity contribution in [2.75, 3.05) is 33.4 Å².